The van der Waals surface area contributed by atoms with Gasteiger partial charge < -0.3 is 10.3 Å². The van der Waals surface area contributed by atoms with E-state index < -0.39 is 0 Å². The molecule has 0 radical (unpaired) electrons. The van der Waals surface area contributed by atoms with Gasteiger partial charge in [-0.1, -0.05) is 29.4 Å². The quantitative estimate of drug-likeness (QED) is 0.670. The lowest BCUT2D eigenvalue weighted by molar-refractivity contribution is -0.113. The fourth-order valence-corrected chi connectivity index (χ4v) is 2.83. The summed E-state index contributed by atoms with van der Waals surface area (Å²) in [5.74, 6) is -0.0725. The van der Waals surface area contributed by atoms with Crippen LogP contribution in [0.4, 0.5) is 5.69 Å². The van der Waals surface area contributed by atoms with Crippen molar-refractivity contribution in [3.8, 4) is 0 Å². The molecule has 2 N–H and O–H groups in total. The van der Waals surface area contributed by atoms with E-state index in [-0.39, 0.29) is 17.2 Å². The van der Waals surface area contributed by atoms with Crippen LogP contribution in [0.3, 0.4) is 0 Å². The minimum atomic E-state index is -0.245. The molecule has 0 fully saturated rings. The van der Waals surface area contributed by atoms with E-state index in [9.17, 15) is 9.59 Å². The van der Waals surface area contributed by atoms with Gasteiger partial charge in [-0.05, 0) is 31.0 Å². The van der Waals surface area contributed by atoms with Gasteiger partial charge in [0.05, 0.1) is 16.5 Å². The molecule has 2 aromatic rings. The first-order valence-electron chi connectivity index (χ1n) is 6.20. The van der Waals surface area contributed by atoms with Crippen molar-refractivity contribution in [2.45, 2.75) is 19.0 Å². The fourth-order valence-electron chi connectivity index (χ4n) is 1.81. The van der Waals surface area contributed by atoms with Crippen molar-refractivity contribution in [1.82, 2.24) is 9.97 Å². The third-order valence-corrected chi connectivity index (χ3v) is 3.87. The number of anilines is 1. The number of nitrogens with zero attached hydrogens (tertiary/aromatic N) is 1. The van der Waals surface area contributed by atoms with E-state index in [4.69, 9.17) is 11.6 Å². The highest BCUT2D eigenvalue weighted by Crippen LogP contribution is 2.27. The summed E-state index contributed by atoms with van der Waals surface area (Å²) in [6.45, 7) is 3.83. The number of benzene rings is 1. The number of hydrogen-bond acceptors (Lipinski definition) is 4. The van der Waals surface area contributed by atoms with Crippen LogP contribution in [0.5, 0.6) is 0 Å². The Balaban J connectivity index is 2.01. The Bertz CT molecular complexity index is 707. The molecule has 0 aliphatic rings. The van der Waals surface area contributed by atoms with Crippen molar-refractivity contribution in [3.63, 3.8) is 0 Å². The third kappa shape index (κ3) is 4.34. The number of nitrogens with one attached hydrogen (secondary N) is 2. The maximum atomic E-state index is 11.9. The summed E-state index contributed by atoms with van der Waals surface area (Å²) < 4.78 is 0. The molecule has 7 heteroatoms. The van der Waals surface area contributed by atoms with E-state index in [1.165, 1.54) is 12.3 Å². The van der Waals surface area contributed by atoms with Crippen LogP contribution in [0.15, 0.2) is 34.3 Å². The van der Waals surface area contributed by atoms with Crippen LogP contribution in [0.1, 0.15) is 11.1 Å². The van der Waals surface area contributed by atoms with E-state index in [2.05, 4.69) is 15.3 Å². The summed E-state index contributed by atoms with van der Waals surface area (Å²) in [4.78, 5) is 29.6. The van der Waals surface area contributed by atoms with Crippen LogP contribution in [-0.2, 0) is 4.79 Å². The fraction of sp³-hybridized carbons (Fsp3) is 0.214. The summed E-state index contributed by atoms with van der Waals surface area (Å²) in [5.41, 5.74) is 2.31. The molecular weight excluding hydrogens is 310 g/mol. The topological polar surface area (TPSA) is 74.8 Å². The Morgan fingerprint density at radius 2 is 2.19 bits per heavy atom. The Hall–Kier alpha value is -1.79. The van der Waals surface area contributed by atoms with Crippen LogP contribution in [0.25, 0.3) is 0 Å². The number of carbonyl (C=O) groups is 1. The third-order valence-electron chi connectivity index (χ3n) is 2.68. The summed E-state index contributed by atoms with van der Waals surface area (Å²) in [6, 6.07) is 5.07. The molecule has 110 valence electrons. The van der Waals surface area contributed by atoms with Gasteiger partial charge in [0.15, 0.2) is 5.16 Å². The average molecular weight is 324 g/mol. The predicted octanol–water partition coefficient (Wildman–Crippen LogP) is 2.77. The zero-order chi connectivity index (χ0) is 15.4. The monoisotopic (exact) mass is 323 g/mol. The van der Waals surface area contributed by atoms with E-state index >= 15 is 0 Å². The van der Waals surface area contributed by atoms with Crippen molar-refractivity contribution in [3.05, 3.63) is 50.9 Å². The second-order valence-electron chi connectivity index (χ2n) is 4.51. The summed E-state index contributed by atoms with van der Waals surface area (Å²) in [5, 5.41) is 3.70. The molecule has 0 aliphatic heterocycles. The Kier molecular flexibility index (Phi) is 5.03. The molecular formula is C14H14ClN3O2S. The second kappa shape index (κ2) is 6.78. The first kappa shape index (κ1) is 15.6. The molecule has 0 spiro atoms. The Labute approximate surface area is 131 Å². The van der Waals surface area contributed by atoms with Gasteiger partial charge in [0.1, 0.15) is 0 Å². The Morgan fingerprint density at radius 3 is 2.86 bits per heavy atom. The molecule has 0 saturated heterocycles. The number of aromatic nitrogens is 2. The molecule has 0 aliphatic carbocycles. The minimum absolute atomic E-state index is 0.136. The van der Waals surface area contributed by atoms with Gasteiger partial charge in [0.25, 0.3) is 5.56 Å². The number of amides is 1. The van der Waals surface area contributed by atoms with Gasteiger partial charge in [0.2, 0.25) is 5.91 Å². The van der Waals surface area contributed by atoms with Crippen LogP contribution in [0, 0.1) is 13.8 Å². The van der Waals surface area contributed by atoms with Crippen molar-refractivity contribution < 1.29 is 4.79 Å². The normalized spacial score (nSPS) is 10.4. The van der Waals surface area contributed by atoms with Gasteiger partial charge in [-0.3, -0.25) is 9.59 Å². The van der Waals surface area contributed by atoms with Crippen LogP contribution < -0.4 is 10.9 Å². The summed E-state index contributed by atoms with van der Waals surface area (Å²) in [7, 11) is 0. The lowest BCUT2D eigenvalue weighted by Crippen LogP contribution is -2.16. The number of hydrogen-bond donors (Lipinski definition) is 2. The molecule has 1 heterocycles. The van der Waals surface area contributed by atoms with E-state index in [0.29, 0.717) is 15.9 Å². The van der Waals surface area contributed by atoms with Crippen molar-refractivity contribution in [2.24, 2.45) is 0 Å². The highest BCUT2D eigenvalue weighted by Gasteiger charge is 2.10. The number of aromatic amines is 1. The van der Waals surface area contributed by atoms with E-state index in [1.54, 1.807) is 6.07 Å². The SMILES string of the molecule is Cc1cc(C)c(NC(=O)CSc2nccc(=O)[nH]2)c(Cl)c1. The van der Waals surface area contributed by atoms with Gasteiger partial charge >= 0.3 is 0 Å². The largest absolute Gasteiger partial charge is 0.324 e. The number of aryl methyl sites for hydroxylation is 2. The molecule has 1 aromatic heterocycles. The molecule has 2 rings (SSSR count). The zero-order valence-electron chi connectivity index (χ0n) is 11.6. The van der Waals surface area contributed by atoms with Gasteiger partial charge in [0, 0.05) is 12.3 Å². The standard InChI is InChI=1S/C14H14ClN3O2S/c1-8-5-9(2)13(10(15)6-8)17-12(20)7-21-14-16-4-3-11(19)18-14/h3-6H,7H2,1-2H3,(H,17,20)(H,16,18,19). The molecule has 0 saturated carbocycles. The maximum absolute atomic E-state index is 11.9. The molecule has 21 heavy (non-hydrogen) atoms. The highest BCUT2D eigenvalue weighted by atomic mass is 35.5. The van der Waals surface area contributed by atoms with Crippen LogP contribution in [-0.4, -0.2) is 21.6 Å². The van der Waals surface area contributed by atoms with E-state index in [0.717, 1.165) is 22.9 Å². The number of halogens is 1. The molecule has 5 nitrogen and oxygen atoms in total. The summed E-state index contributed by atoms with van der Waals surface area (Å²) in [6.07, 6.45) is 1.40. The van der Waals surface area contributed by atoms with Crippen molar-refractivity contribution >= 4 is 35.0 Å². The molecule has 1 aromatic carbocycles. The Morgan fingerprint density at radius 1 is 1.43 bits per heavy atom. The molecule has 1 amide bonds. The number of rotatable bonds is 4. The second-order valence-corrected chi connectivity index (χ2v) is 5.89. The average Bonchev–Trinajstić information content (AvgIpc) is 2.40. The molecule has 0 unspecified atom stereocenters. The number of carbonyl (C=O) groups excluding carboxylic acids is 1. The minimum Gasteiger partial charge on any atom is -0.324 e. The lowest BCUT2D eigenvalue weighted by Gasteiger charge is -2.11. The van der Waals surface area contributed by atoms with E-state index in [1.807, 2.05) is 19.9 Å². The molecule has 0 bridgehead atoms. The maximum Gasteiger partial charge on any atom is 0.251 e. The van der Waals surface area contributed by atoms with Gasteiger partial charge in [-0.2, -0.15) is 0 Å². The van der Waals surface area contributed by atoms with Crippen molar-refractivity contribution in [2.75, 3.05) is 11.1 Å². The first-order chi connectivity index (χ1) is 9.95. The van der Waals surface area contributed by atoms with Gasteiger partial charge in [-0.25, -0.2) is 4.98 Å². The lowest BCUT2D eigenvalue weighted by atomic mass is 10.1. The number of thioether (sulfide) groups is 1. The number of H-pyrrole nitrogens is 1. The van der Waals surface area contributed by atoms with Crippen molar-refractivity contribution in [1.29, 1.82) is 0 Å². The smallest absolute Gasteiger partial charge is 0.251 e. The predicted molar refractivity (Wildman–Crippen MR) is 85.1 cm³/mol. The first-order valence-corrected chi connectivity index (χ1v) is 7.57. The van der Waals surface area contributed by atoms with Crippen LogP contribution >= 0.6 is 23.4 Å². The highest BCUT2D eigenvalue weighted by molar-refractivity contribution is 7.99. The summed E-state index contributed by atoms with van der Waals surface area (Å²) >= 11 is 7.29. The zero-order valence-corrected chi connectivity index (χ0v) is 13.1. The van der Waals surface area contributed by atoms with Crippen LogP contribution in [0.2, 0.25) is 5.02 Å². The van der Waals surface area contributed by atoms with Gasteiger partial charge in [-0.15, -0.1) is 0 Å². The molecule has 0 atom stereocenters.